The van der Waals surface area contributed by atoms with Crippen LogP contribution in [0.2, 0.25) is 0 Å². The van der Waals surface area contributed by atoms with Crippen LogP contribution >= 0.6 is 0 Å². The number of aromatic amines is 1. The summed E-state index contributed by atoms with van der Waals surface area (Å²) >= 11 is 0. The molecule has 23 heavy (non-hydrogen) atoms. The van der Waals surface area contributed by atoms with Crippen LogP contribution in [0.5, 0.6) is 0 Å². The Morgan fingerprint density at radius 2 is 1.57 bits per heavy atom. The van der Waals surface area contributed by atoms with Gasteiger partial charge < -0.3 is 14.3 Å². The number of hydrogen-bond acceptors (Lipinski definition) is 2. The topological polar surface area (TPSA) is 34.2 Å². The SMILES string of the molecule is Cc1ccc(B2OC(C)(C)C(C)(C)O2)c2[nH]c3ccccc3c12. The van der Waals surface area contributed by atoms with Gasteiger partial charge in [-0.05, 0) is 46.2 Å². The highest BCUT2D eigenvalue weighted by Crippen LogP contribution is 2.37. The molecule has 1 aliphatic rings. The molecule has 4 heteroatoms. The number of nitrogens with one attached hydrogen (secondary N) is 1. The molecule has 4 rings (SSSR count). The van der Waals surface area contributed by atoms with E-state index in [2.05, 4.69) is 76.0 Å². The second kappa shape index (κ2) is 4.62. The van der Waals surface area contributed by atoms with Crippen LogP contribution in [0.4, 0.5) is 0 Å². The van der Waals surface area contributed by atoms with E-state index in [4.69, 9.17) is 9.31 Å². The largest absolute Gasteiger partial charge is 0.497 e. The number of fused-ring (bicyclic) bond motifs is 3. The Morgan fingerprint density at radius 3 is 2.26 bits per heavy atom. The molecule has 0 aliphatic carbocycles. The quantitative estimate of drug-likeness (QED) is 0.691. The number of para-hydroxylation sites is 1. The summed E-state index contributed by atoms with van der Waals surface area (Å²) in [6.45, 7) is 10.5. The molecule has 0 saturated carbocycles. The third-order valence-electron chi connectivity index (χ3n) is 5.41. The van der Waals surface area contributed by atoms with E-state index < -0.39 is 0 Å². The molecule has 1 N–H and O–H groups in total. The van der Waals surface area contributed by atoms with E-state index >= 15 is 0 Å². The third kappa shape index (κ3) is 2.05. The van der Waals surface area contributed by atoms with Crippen LogP contribution in [-0.4, -0.2) is 23.3 Å². The number of benzene rings is 2. The number of H-pyrrole nitrogens is 1. The highest BCUT2D eigenvalue weighted by atomic mass is 16.7. The lowest BCUT2D eigenvalue weighted by molar-refractivity contribution is 0.00578. The maximum atomic E-state index is 6.25. The fraction of sp³-hybridized carbons (Fsp3) is 0.368. The fourth-order valence-electron chi connectivity index (χ4n) is 3.32. The van der Waals surface area contributed by atoms with Crippen LogP contribution < -0.4 is 5.46 Å². The van der Waals surface area contributed by atoms with E-state index in [1.54, 1.807) is 0 Å². The van der Waals surface area contributed by atoms with Crippen LogP contribution in [0.25, 0.3) is 21.8 Å². The minimum Gasteiger partial charge on any atom is -0.399 e. The van der Waals surface area contributed by atoms with Crippen LogP contribution in [-0.2, 0) is 9.31 Å². The van der Waals surface area contributed by atoms with Gasteiger partial charge in [-0.25, -0.2) is 0 Å². The van der Waals surface area contributed by atoms with Crippen molar-refractivity contribution in [2.45, 2.75) is 45.8 Å². The van der Waals surface area contributed by atoms with Gasteiger partial charge in [0.2, 0.25) is 0 Å². The average molecular weight is 307 g/mol. The molecule has 0 spiro atoms. The second-order valence-electron chi connectivity index (χ2n) is 7.48. The van der Waals surface area contributed by atoms with Crippen LogP contribution in [0, 0.1) is 6.92 Å². The molecule has 1 saturated heterocycles. The predicted molar refractivity (Wildman–Crippen MR) is 96.3 cm³/mol. The lowest BCUT2D eigenvalue weighted by Crippen LogP contribution is -2.41. The minimum absolute atomic E-state index is 0.332. The lowest BCUT2D eigenvalue weighted by Gasteiger charge is -2.32. The summed E-state index contributed by atoms with van der Waals surface area (Å²) < 4.78 is 12.5. The van der Waals surface area contributed by atoms with Crippen molar-refractivity contribution in [3.05, 3.63) is 42.0 Å². The van der Waals surface area contributed by atoms with Crippen molar-refractivity contribution in [1.82, 2.24) is 4.98 Å². The van der Waals surface area contributed by atoms with Gasteiger partial charge in [0.05, 0.1) is 11.2 Å². The molecule has 2 aromatic carbocycles. The maximum Gasteiger partial charge on any atom is 0.497 e. The third-order valence-corrected chi connectivity index (χ3v) is 5.41. The normalized spacial score (nSPS) is 19.8. The van der Waals surface area contributed by atoms with Gasteiger partial charge in [-0.1, -0.05) is 30.3 Å². The first-order valence-electron chi connectivity index (χ1n) is 8.16. The standard InChI is InChI=1S/C19H22BNO2/c1-12-10-11-14(20-22-18(2,3)19(4,5)23-20)17-16(12)13-8-6-7-9-15(13)21-17/h6-11,21H,1-5H3. The monoisotopic (exact) mass is 307 g/mol. The smallest absolute Gasteiger partial charge is 0.399 e. The zero-order valence-electron chi connectivity index (χ0n) is 14.4. The Hall–Kier alpha value is -1.78. The molecule has 3 aromatic rings. The number of hydrogen-bond donors (Lipinski definition) is 1. The van der Waals surface area contributed by atoms with Gasteiger partial charge in [0, 0.05) is 27.3 Å². The Balaban J connectivity index is 1.94. The fourth-order valence-corrected chi connectivity index (χ4v) is 3.32. The molecule has 1 aliphatic heterocycles. The number of rotatable bonds is 1. The Kier molecular flexibility index (Phi) is 2.97. The van der Waals surface area contributed by atoms with Gasteiger partial charge in [0.1, 0.15) is 0 Å². The number of aryl methyl sites for hydroxylation is 1. The molecule has 3 nitrogen and oxygen atoms in total. The van der Waals surface area contributed by atoms with E-state index in [9.17, 15) is 0 Å². The lowest BCUT2D eigenvalue weighted by atomic mass is 9.77. The van der Waals surface area contributed by atoms with Crippen molar-refractivity contribution >= 4 is 34.4 Å². The summed E-state index contributed by atoms with van der Waals surface area (Å²) in [5.74, 6) is 0. The van der Waals surface area contributed by atoms with E-state index in [0.717, 1.165) is 16.5 Å². The summed E-state index contributed by atoms with van der Waals surface area (Å²) in [7, 11) is -0.351. The van der Waals surface area contributed by atoms with E-state index in [-0.39, 0.29) is 18.3 Å². The Labute approximate surface area is 137 Å². The van der Waals surface area contributed by atoms with Crippen molar-refractivity contribution in [3.8, 4) is 0 Å². The molecule has 1 aromatic heterocycles. The first-order valence-corrected chi connectivity index (χ1v) is 8.16. The molecule has 0 amide bonds. The molecule has 0 bridgehead atoms. The van der Waals surface area contributed by atoms with Crippen LogP contribution in [0.1, 0.15) is 33.3 Å². The van der Waals surface area contributed by atoms with Gasteiger partial charge in [-0.3, -0.25) is 0 Å². The first kappa shape index (κ1) is 14.8. The summed E-state index contributed by atoms with van der Waals surface area (Å²) in [6.07, 6.45) is 0. The second-order valence-corrected chi connectivity index (χ2v) is 7.48. The first-order chi connectivity index (χ1) is 10.8. The van der Waals surface area contributed by atoms with Gasteiger partial charge in [-0.2, -0.15) is 0 Å². The molecule has 0 radical (unpaired) electrons. The Bertz CT molecular complexity index is 894. The molecule has 0 unspecified atom stereocenters. The molecule has 2 heterocycles. The zero-order valence-corrected chi connectivity index (χ0v) is 14.4. The molecular weight excluding hydrogens is 285 g/mol. The summed E-state index contributed by atoms with van der Waals surface area (Å²) in [5.41, 5.74) is 3.93. The molecule has 1 fully saturated rings. The molecule has 118 valence electrons. The summed E-state index contributed by atoms with van der Waals surface area (Å²) in [6, 6.07) is 12.7. The van der Waals surface area contributed by atoms with Gasteiger partial charge in [0.15, 0.2) is 0 Å². The predicted octanol–water partition coefficient (Wildman–Crippen LogP) is 3.93. The van der Waals surface area contributed by atoms with Crippen LogP contribution in [0.15, 0.2) is 36.4 Å². The van der Waals surface area contributed by atoms with Crippen molar-refractivity contribution in [2.24, 2.45) is 0 Å². The van der Waals surface area contributed by atoms with Gasteiger partial charge in [-0.15, -0.1) is 0 Å². The highest BCUT2D eigenvalue weighted by molar-refractivity contribution is 6.65. The van der Waals surface area contributed by atoms with Crippen molar-refractivity contribution in [3.63, 3.8) is 0 Å². The van der Waals surface area contributed by atoms with E-state index in [1.807, 2.05) is 0 Å². The van der Waals surface area contributed by atoms with Crippen LogP contribution in [0.3, 0.4) is 0 Å². The van der Waals surface area contributed by atoms with Crippen molar-refractivity contribution < 1.29 is 9.31 Å². The summed E-state index contributed by atoms with van der Waals surface area (Å²) in [5, 5.41) is 2.51. The molecule has 0 atom stereocenters. The van der Waals surface area contributed by atoms with E-state index in [1.165, 1.54) is 16.3 Å². The van der Waals surface area contributed by atoms with Gasteiger partial charge >= 0.3 is 7.12 Å². The highest BCUT2D eigenvalue weighted by Gasteiger charge is 2.52. The van der Waals surface area contributed by atoms with Crippen molar-refractivity contribution in [2.75, 3.05) is 0 Å². The number of aromatic nitrogens is 1. The van der Waals surface area contributed by atoms with Gasteiger partial charge in [0.25, 0.3) is 0 Å². The summed E-state index contributed by atoms with van der Waals surface area (Å²) in [4.78, 5) is 3.56. The zero-order chi connectivity index (χ0) is 16.4. The molecular formula is C19H22BNO2. The minimum atomic E-state index is -0.351. The van der Waals surface area contributed by atoms with Crippen molar-refractivity contribution in [1.29, 1.82) is 0 Å². The Morgan fingerprint density at radius 1 is 0.913 bits per heavy atom. The van der Waals surface area contributed by atoms with E-state index in [0.29, 0.717) is 0 Å². The maximum absolute atomic E-state index is 6.25. The average Bonchev–Trinajstić information content (AvgIpc) is 2.95.